The lowest BCUT2D eigenvalue weighted by molar-refractivity contribution is 0.102. The molecule has 3 rings (SSSR count). The standard InChI is InChI=1S/C19H15F3N4O2/c1-10-3-7-15(28-2)14(9-10)23-16-8-6-13(25-26-16)19(27)24-12-5-4-11(20)17(21)18(12)22/h3-9H,1-2H3,(H,23,26)(H,24,27). The number of benzene rings is 2. The molecule has 1 heterocycles. The van der Waals surface area contributed by atoms with Gasteiger partial charge in [0.05, 0.1) is 18.5 Å². The zero-order chi connectivity index (χ0) is 20.3. The van der Waals surface area contributed by atoms with E-state index in [0.717, 1.165) is 11.6 Å². The number of methoxy groups -OCH3 is 1. The zero-order valence-electron chi connectivity index (χ0n) is 14.9. The van der Waals surface area contributed by atoms with Gasteiger partial charge < -0.3 is 15.4 Å². The molecule has 3 aromatic rings. The number of ether oxygens (including phenoxy) is 1. The lowest BCUT2D eigenvalue weighted by Crippen LogP contribution is -2.16. The highest BCUT2D eigenvalue weighted by Crippen LogP contribution is 2.27. The number of hydrogen-bond acceptors (Lipinski definition) is 5. The van der Waals surface area contributed by atoms with Crippen LogP contribution in [-0.4, -0.2) is 23.2 Å². The van der Waals surface area contributed by atoms with Crippen molar-refractivity contribution in [2.24, 2.45) is 0 Å². The van der Waals surface area contributed by atoms with Crippen LogP contribution >= 0.6 is 0 Å². The highest BCUT2D eigenvalue weighted by Gasteiger charge is 2.17. The van der Waals surface area contributed by atoms with E-state index in [1.54, 1.807) is 6.07 Å². The van der Waals surface area contributed by atoms with Gasteiger partial charge in [-0.15, -0.1) is 10.2 Å². The maximum Gasteiger partial charge on any atom is 0.276 e. The van der Waals surface area contributed by atoms with Crippen LogP contribution in [0.4, 0.5) is 30.4 Å². The Bertz CT molecular complexity index is 1030. The number of anilines is 3. The summed E-state index contributed by atoms with van der Waals surface area (Å²) < 4.78 is 45.1. The summed E-state index contributed by atoms with van der Waals surface area (Å²) in [6.45, 7) is 1.92. The van der Waals surface area contributed by atoms with E-state index in [0.29, 0.717) is 23.3 Å². The maximum atomic E-state index is 13.7. The molecule has 9 heteroatoms. The SMILES string of the molecule is COc1ccc(C)cc1Nc1ccc(C(=O)Nc2ccc(F)c(F)c2F)nn1. The Balaban J connectivity index is 1.75. The van der Waals surface area contributed by atoms with Gasteiger partial charge in [0.25, 0.3) is 5.91 Å². The molecule has 0 atom stereocenters. The predicted octanol–water partition coefficient (Wildman–Crippen LogP) is 4.21. The van der Waals surface area contributed by atoms with Crippen LogP contribution < -0.4 is 15.4 Å². The van der Waals surface area contributed by atoms with E-state index in [1.807, 2.05) is 19.1 Å². The molecule has 2 N–H and O–H groups in total. The molecule has 1 amide bonds. The molecule has 0 fully saturated rings. The molecule has 0 spiro atoms. The van der Waals surface area contributed by atoms with Crippen molar-refractivity contribution in [1.82, 2.24) is 10.2 Å². The maximum absolute atomic E-state index is 13.7. The summed E-state index contributed by atoms with van der Waals surface area (Å²) in [5.74, 6) is -4.39. The van der Waals surface area contributed by atoms with Crippen molar-refractivity contribution in [3.8, 4) is 5.75 Å². The number of aromatic nitrogens is 2. The predicted molar refractivity (Wildman–Crippen MR) is 97.3 cm³/mol. The molecular formula is C19H15F3N4O2. The van der Waals surface area contributed by atoms with Gasteiger partial charge in [-0.1, -0.05) is 6.07 Å². The van der Waals surface area contributed by atoms with Crippen molar-refractivity contribution in [3.63, 3.8) is 0 Å². The first-order valence-corrected chi connectivity index (χ1v) is 8.09. The molecule has 28 heavy (non-hydrogen) atoms. The van der Waals surface area contributed by atoms with E-state index in [2.05, 4.69) is 20.8 Å². The van der Waals surface area contributed by atoms with Crippen molar-refractivity contribution < 1.29 is 22.7 Å². The van der Waals surface area contributed by atoms with Gasteiger partial charge in [0.2, 0.25) is 0 Å². The summed E-state index contributed by atoms with van der Waals surface area (Å²) in [4.78, 5) is 12.1. The van der Waals surface area contributed by atoms with Crippen LogP contribution in [0, 0.1) is 24.4 Å². The summed E-state index contributed by atoms with van der Waals surface area (Å²) in [6, 6.07) is 10.0. The summed E-state index contributed by atoms with van der Waals surface area (Å²) in [6.07, 6.45) is 0. The van der Waals surface area contributed by atoms with E-state index in [9.17, 15) is 18.0 Å². The molecule has 0 bridgehead atoms. The zero-order valence-corrected chi connectivity index (χ0v) is 14.9. The monoisotopic (exact) mass is 388 g/mol. The van der Waals surface area contributed by atoms with E-state index in [-0.39, 0.29) is 5.69 Å². The third-order valence-corrected chi connectivity index (χ3v) is 3.80. The van der Waals surface area contributed by atoms with Gasteiger partial charge in [0.1, 0.15) is 5.75 Å². The molecule has 0 saturated carbocycles. The van der Waals surface area contributed by atoms with E-state index in [4.69, 9.17) is 4.74 Å². The molecule has 144 valence electrons. The quantitative estimate of drug-likeness (QED) is 0.641. The van der Waals surface area contributed by atoms with Crippen LogP contribution in [0.1, 0.15) is 16.1 Å². The molecule has 0 saturated heterocycles. The molecular weight excluding hydrogens is 373 g/mol. The highest BCUT2D eigenvalue weighted by molar-refractivity contribution is 6.02. The Morgan fingerprint density at radius 3 is 2.43 bits per heavy atom. The minimum Gasteiger partial charge on any atom is -0.495 e. The van der Waals surface area contributed by atoms with Gasteiger partial charge >= 0.3 is 0 Å². The Labute approximate surface area is 158 Å². The second-order valence-electron chi connectivity index (χ2n) is 5.81. The van der Waals surface area contributed by atoms with Gasteiger partial charge in [-0.2, -0.15) is 0 Å². The van der Waals surface area contributed by atoms with E-state index < -0.39 is 29.0 Å². The Kier molecular flexibility index (Phi) is 5.44. The van der Waals surface area contributed by atoms with Crippen LogP contribution in [0.5, 0.6) is 5.75 Å². The number of rotatable bonds is 5. The van der Waals surface area contributed by atoms with Crippen molar-refractivity contribution in [1.29, 1.82) is 0 Å². The normalized spacial score (nSPS) is 10.5. The number of aryl methyl sites for hydroxylation is 1. The van der Waals surface area contributed by atoms with Crippen LogP contribution in [0.15, 0.2) is 42.5 Å². The Morgan fingerprint density at radius 2 is 1.75 bits per heavy atom. The van der Waals surface area contributed by atoms with Gasteiger partial charge in [-0.25, -0.2) is 13.2 Å². The molecule has 0 aliphatic heterocycles. The van der Waals surface area contributed by atoms with Crippen LogP contribution in [0.2, 0.25) is 0 Å². The largest absolute Gasteiger partial charge is 0.495 e. The first-order chi connectivity index (χ1) is 13.4. The lowest BCUT2D eigenvalue weighted by atomic mass is 10.2. The average molecular weight is 388 g/mol. The minimum atomic E-state index is -1.67. The fourth-order valence-corrected chi connectivity index (χ4v) is 2.39. The first kappa shape index (κ1) is 19.2. The minimum absolute atomic E-state index is 0.133. The third-order valence-electron chi connectivity index (χ3n) is 3.80. The number of carbonyl (C=O) groups excluding carboxylic acids is 1. The Morgan fingerprint density at radius 1 is 0.964 bits per heavy atom. The molecule has 6 nitrogen and oxygen atoms in total. The van der Waals surface area contributed by atoms with Gasteiger partial charge in [0.15, 0.2) is 29.0 Å². The fourth-order valence-electron chi connectivity index (χ4n) is 2.39. The summed E-state index contributed by atoms with van der Waals surface area (Å²) in [5.41, 5.74) is 1.03. The second-order valence-corrected chi connectivity index (χ2v) is 5.81. The molecule has 0 aliphatic carbocycles. The molecule has 2 aromatic carbocycles. The number of halogens is 3. The van der Waals surface area contributed by atoms with E-state index >= 15 is 0 Å². The highest BCUT2D eigenvalue weighted by atomic mass is 19.2. The molecule has 1 aromatic heterocycles. The summed E-state index contributed by atoms with van der Waals surface area (Å²) in [5, 5.41) is 12.8. The van der Waals surface area contributed by atoms with Gasteiger partial charge in [-0.3, -0.25) is 4.79 Å². The number of amides is 1. The van der Waals surface area contributed by atoms with E-state index in [1.165, 1.54) is 19.2 Å². The molecule has 0 aliphatic rings. The Hall–Kier alpha value is -3.62. The van der Waals surface area contributed by atoms with Crippen LogP contribution in [0.3, 0.4) is 0 Å². The number of carbonyl (C=O) groups is 1. The third kappa shape index (κ3) is 4.03. The van der Waals surface area contributed by atoms with Gasteiger partial charge in [0, 0.05) is 0 Å². The van der Waals surface area contributed by atoms with Crippen molar-refractivity contribution in [2.45, 2.75) is 6.92 Å². The van der Waals surface area contributed by atoms with Gasteiger partial charge in [-0.05, 0) is 48.9 Å². The van der Waals surface area contributed by atoms with Crippen molar-refractivity contribution >= 4 is 23.1 Å². The fraction of sp³-hybridized carbons (Fsp3) is 0.105. The number of nitrogens with zero attached hydrogens (tertiary/aromatic N) is 2. The first-order valence-electron chi connectivity index (χ1n) is 8.09. The molecule has 0 radical (unpaired) electrons. The number of hydrogen-bond donors (Lipinski definition) is 2. The smallest absolute Gasteiger partial charge is 0.276 e. The summed E-state index contributed by atoms with van der Waals surface area (Å²) >= 11 is 0. The van der Waals surface area contributed by atoms with Crippen LogP contribution in [-0.2, 0) is 0 Å². The number of nitrogens with one attached hydrogen (secondary N) is 2. The average Bonchev–Trinajstić information content (AvgIpc) is 2.69. The topological polar surface area (TPSA) is 76.1 Å². The lowest BCUT2D eigenvalue weighted by Gasteiger charge is -2.11. The van der Waals surface area contributed by atoms with Crippen molar-refractivity contribution in [3.05, 3.63) is 71.2 Å². The van der Waals surface area contributed by atoms with Crippen LogP contribution in [0.25, 0.3) is 0 Å². The summed E-state index contributed by atoms with van der Waals surface area (Å²) in [7, 11) is 1.53. The van der Waals surface area contributed by atoms with Crippen molar-refractivity contribution in [2.75, 3.05) is 17.7 Å². The second kappa shape index (κ2) is 7.95. The molecule has 0 unspecified atom stereocenters.